The van der Waals surface area contributed by atoms with Crippen molar-refractivity contribution < 1.29 is 13.2 Å². The maximum atomic E-state index is 12.8. The Hall–Kier alpha value is -0.290. The molecular formula is C7H4BrClF3N. The molecule has 13 heavy (non-hydrogen) atoms. The molecule has 0 aliphatic rings. The fourth-order valence-electron chi connectivity index (χ4n) is 0.764. The number of halogens is 5. The molecule has 0 N–H and O–H groups in total. The quantitative estimate of drug-likeness (QED) is 0.592. The first kappa shape index (κ1) is 10.8. The molecule has 0 radical (unpaired) electrons. The predicted molar refractivity (Wildman–Crippen MR) is 46.4 cm³/mol. The largest absolute Gasteiger partial charge is 0.283 e. The van der Waals surface area contributed by atoms with Crippen molar-refractivity contribution >= 4 is 27.5 Å². The summed E-state index contributed by atoms with van der Waals surface area (Å²) in [6, 6.07) is 0.950. The molecule has 1 heterocycles. The summed E-state index contributed by atoms with van der Waals surface area (Å²) < 4.78 is 37.2. The lowest BCUT2D eigenvalue weighted by Gasteiger charge is -2.04. The minimum Gasteiger partial charge on any atom is -0.236 e. The van der Waals surface area contributed by atoms with Gasteiger partial charge < -0.3 is 0 Å². The fraction of sp³-hybridized carbons (Fsp3) is 0.286. The van der Waals surface area contributed by atoms with E-state index in [1.165, 1.54) is 0 Å². The lowest BCUT2D eigenvalue weighted by atomic mass is 10.2. The van der Waals surface area contributed by atoms with Crippen molar-refractivity contribution in [2.75, 3.05) is 0 Å². The Morgan fingerprint density at radius 1 is 1.54 bits per heavy atom. The summed E-state index contributed by atoms with van der Waals surface area (Å²) in [5, 5.41) is 0. The topological polar surface area (TPSA) is 12.9 Å². The molecule has 0 fully saturated rings. The van der Waals surface area contributed by atoms with E-state index >= 15 is 0 Å². The second kappa shape index (κ2) is 4.28. The summed E-state index contributed by atoms with van der Waals surface area (Å²) in [4.78, 5) is 3.35. The second-order valence-electron chi connectivity index (χ2n) is 2.24. The highest BCUT2D eigenvalue weighted by molar-refractivity contribution is 9.10. The standard InChI is InChI=1S/C7H4BrClF3N/c8-6-3(2-9)1-4(10)5(13-6)7(11)12/h1,7H,2H2. The average Bonchev–Trinajstić information content (AvgIpc) is 2.07. The van der Waals surface area contributed by atoms with Crippen molar-refractivity contribution in [1.29, 1.82) is 0 Å². The van der Waals surface area contributed by atoms with Gasteiger partial charge in [-0.15, -0.1) is 11.6 Å². The summed E-state index contributed by atoms with van der Waals surface area (Å²) in [6.45, 7) is 0. The Labute approximate surface area is 86.0 Å². The van der Waals surface area contributed by atoms with Crippen LogP contribution in [0.15, 0.2) is 10.7 Å². The Morgan fingerprint density at radius 2 is 2.15 bits per heavy atom. The monoisotopic (exact) mass is 273 g/mol. The van der Waals surface area contributed by atoms with E-state index in [0.29, 0.717) is 5.56 Å². The molecule has 0 bridgehead atoms. The van der Waals surface area contributed by atoms with Crippen LogP contribution in [0.2, 0.25) is 0 Å². The molecule has 1 nitrogen and oxygen atoms in total. The van der Waals surface area contributed by atoms with Gasteiger partial charge in [-0.25, -0.2) is 18.2 Å². The van der Waals surface area contributed by atoms with E-state index in [1.54, 1.807) is 0 Å². The van der Waals surface area contributed by atoms with Crippen LogP contribution in [0.5, 0.6) is 0 Å². The summed E-state index contributed by atoms with van der Waals surface area (Å²) >= 11 is 8.33. The maximum absolute atomic E-state index is 12.8. The SMILES string of the molecule is Fc1cc(CCl)c(Br)nc1C(F)F. The predicted octanol–water partition coefficient (Wildman–Crippen LogP) is 3.66. The van der Waals surface area contributed by atoms with Gasteiger partial charge in [0, 0.05) is 5.56 Å². The van der Waals surface area contributed by atoms with Gasteiger partial charge >= 0.3 is 0 Å². The Balaban J connectivity index is 3.20. The first-order valence-corrected chi connectivity index (χ1v) is 4.58. The van der Waals surface area contributed by atoms with Crippen molar-refractivity contribution in [3.63, 3.8) is 0 Å². The Bertz CT molecular complexity index is 319. The summed E-state index contributed by atoms with van der Waals surface area (Å²) in [6.07, 6.45) is -2.92. The smallest absolute Gasteiger partial charge is 0.236 e. The molecule has 0 spiro atoms. The molecule has 0 aliphatic carbocycles. The van der Waals surface area contributed by atoms with Crippen LogP contribution in [0.4, 0.5) is 13.2 Å². The van der Waals surface area contributed by atoms with Crippen LogP contribution in [0, 0.1) is 5.82 Å². The Morgan fingerprint density at radius 3 is 2.62 bits per heavy atom. The van der Waals surface area contributed by atoms with E-state index in [2.05, 4.69) is 20.9 Å². The highest BCUT2D eigenvalue weighted by Crippen LogP contribution is 2.25. The molecule has 0 saturated carbocycles. The molecular weight excluding hydrogens is 270 g/mol. The second-order valence-corrected chi connectivity index (χ2v) is 3.26. The number of rotatable bonds is 2. The van der Waals surface area contributed by atoms with E-state index in [-0.39, 0.29) is 10.5 Å². The third kappa shape index (κ3) is 2.34. The van der Waals surface area contributed by atoms with Crippen molar-refractivity contribution in [2.45, 2.75) is 12.3 Å². The highest BCUT2D eigenvalue weighted by atomic mass is 79.9. The summed E-state index contributed by atoms with van der Waals surface area (Å²) in [7, 11) is 0. The van der Waals surface area contributed by atoms with E-state index in [0.717, 1.165) is 6.07 Å². The molecule has 0 aliphatic heterocycles. The van der Waals surface area contributed by atoms with Gasteiger partial charge in [-0.1, -0.05) is 0 Å². The van der Waals surface area contributed by atoms with E-state index in [4.69, 9.17) is 11.6 Å². The maximum Gasteiger partial charge on any atom is 0.283 e. The molecule has 6 heteroatoms. The zero-order chi connectivity index (χ0) is 10.0. The van der Waals surface area contributed by atoms with Crippen LogP contribution in [-0.2, 0) is 5.88 Å². The molecule has 0 saturated heterocycles. The molecule has 0 aromatic carbocycles. The number of hydrogen-bond acceptors (Lipinski definition) is 1. The lowest BCUT2D eigenvalue weighted by molar-refractivity contribution is 0.140. The molecule has 1 rings (SSSR count). The van der Waals surface area contributed by atoms with Gasteiger partial charge in [0.1, 0.15) is 10.3 Å². The van der Waals surface area contributed by atoms with Gasteiger partial charge in [0.15, 0.2) is 5.82 Å². The van der Waals surface area contributed by atoms with Crippen molar-refractivity contribution in [3.05, 3.63) is 27.7 Å². The van der Waals surface area contributed by atoms with Crippen LogP contribution in [0.3, 0.4) is 0 Å². The van der Waals surface area contributed by atoms with Crippen LogP contribution >= 0.6 is 27.5 Å². The van der Waals surface area contributed by atoms with Gasteiger partial charge in [-0.3, -0.25) is 0 Å². The molecule has 1 aromatic rings. The molecule has 72 valence electrons. The first-order chi connectivity index (χ1) is 6.06. The zero-order valence-electron chi connectivity index (χ0n) is 6.20. The molecule has 1 aromatic heterocycles. The number of nitrogens with zero attached hydrogens (tertiary/aromatic N) is 1. The minimum absolute atomic E-state index is 0.0218. The number of alkyl halides is 3. The van der Waals surface area contributed by atoms with E-state index < -0.39 is 17.9 Å². The third-order valence-electron chi connectivity index (χ3n) is 1.38. The van der Waals surface area contributed by atoms with Crippen LogP contribution in [0.1, 0.15) is 17.7 Å². The first-order valence-electron chi connectivity index (χ1n) is 3.25. The van der Waals surface area contributed by atoms with E-state index in [9.17, 15) is 13.2 Å². The third-order valence-corrected chi connectivity index (χ3v) is 2.35. The normalized spacial score (nSPS) is 10.9. The molecule has 0 unspecified atom stereocenters. The number of pyridine rings is 1. The minimum atomic E-state index is -2.92. The van der Waals surface area contributed by atoms with Gasteiger partial charge in [0.05, 0.1) is 5.88 Å². The van der Waals surface area contributed by atoms with Gasteiger partial charge in [-0.05, 0) is 22.0 Å². The average molecular weight is 274 g/mol. The number of hydrogen-bond donors (Lipinski definition) is 0. The number of aromatic nitrogens is 1. The molecule has 0 atom stereocenters. The van der Waals surface area contributed by atoms with Crippen molar-refractivity contribution in [2.24, 2.45) is 0 Å². The van der Waals surface area contributed by atoms with Crippen LogP contribution < -0.4 is 0 Å². The Kier molecular flexibility index (Phi) is 3.55. The van der Waals surface area contributed by atoms with E-state index in [1.807, 2.05) is 0 Å². The lowest BCUT2D eigenvalue weighted by Crippen LogP contribution is -1.98. The van der Waals surface area contributed by atoms with Crippen molar-refractivity contribution in [3.8, 4) is 0 Å². The molecule has 0 amide bonds. The van der Waals surface area contributed by atoms with Crippen LogP contribution in [-0.4, -0.2) is 4.98 Å². The highest BCUT2D eigenvalue weighted by Gasteiger charge is 2.17. The van der Waals surface area contributed by atoms with Gasteiger partial charge in [0.25, 0.3) is 6.43 Å². The summed E-state index contributed by atoms with van der Waals surface area (Å²) in [5.41, 5.74) is -0.510. The fourth-order valence-corrected chi connectivity index (χ4v) is 1.57. The van der Waals surface area contributed by atoms with Gasteiger partial charge in [-0.2, -0.15) is 0 Å². The van der Waals surface area contributed by atoms with Gasteiger partial charge in [0.2, 0.25) is 0 Å². The van der Waals surface area contributed by atoms with Crippen LogP contribution in [0.25, 0.3) is 0 Å². The van der Waals surface area contributed by atoms with Crippen molar-refractivity contribution in [1.82, 2.24) is 4.98 Å². The summed E-state index contributed by atoms with van der Waals surface area (Å²) in [5.74, 6) is -1.01. The zero-order valence-corrected chi connectivity index (χ0v) is 8.54.